The maximum Gasteiger partial charge on any atom is 0.416 e. The first-order valence-corrected chi connectivity index (χ1v) is 6.86. The second-order valence-corrected chi connectivity index (χ2v) is 6.26. The van der Waals surface area contributed by atoms with E-state index in [1.54, 1.807) is 0 Å². The molecule has 4 nitrogen and oxygen atoms in total. The van der Waals surface area contributed by atoms with E-state index in [0.29, 0.717) is 0 Å². The first kappa shape index (κ1) is 14.3. The van der Waals surface area contributed by atoms with Crippen molar-refractivity contribution < 1.29 is 31.4 Å². The maximum absolute atomic E-state index is 12.8. The largest absolute Gasteiger partial charge is 0.416 e. The number of halogens is 3. The van der Waals surface area contributed by atoms with Gasteiger partial charge in [0.2, 0.25) is 0 Å². The Balaban J connectivity index is 2.57. The molecule has 1 aromatic rings. The quantitative estimate of drug-likeness (QED) is 0.897. The fourth-order valence-corrected chi connectivity index (χ4v) is 4.42. The third-order valence-corrected chi connectivity index (χ3v) is 5.30. The van der Waals surface area contributed by atoms with Crippen LogP contribution in [0.25, 0.3) is 0 Å². The summed E-state index contributed by atoms with van der Waals surface area (Å²) in [6.07, 6.45) is -9.21. The van der Waals surface area contributed by atoms with Crippen LogP contribution < -0.4 is 0 Å². The number of hydrogen-bond donors (Lipinski definition) is 1. The van der Waals surface area contributed by atoms with Gasteiger partial charge in [-0.3, -0.25) is 0 Å². The van der Waals surface area contributed by atoms with Gasteiger partial charge in [0.25, 0.3) is 0 Å². The fourth-order valence-electron chi connectivity index (χ4n) is 2.26. The van der Waals surface area contributed by atoms with Crippen LogP contribution >= 0.6 is 0 Å². The van der Waals surface area contributed by atoms with Crippen molar-refractivity contribution in [2.24, 2.45) is 0 Å². The normalized spacial score (nSPS) is 27.0. The zero-order valence-electron chi connectivity index (χ0n) is 9.76. The van der Waals surface area contributed by atoms with Crippen LogP contribution in [-0.2, 0) is 14.6 Å². The van der Waals surface area contributed by atoms with Crippen LogP contribution in [0.2, 0.25) is 0 Å². The number of hydrogen-bond acceptors (Lipinski definition) is 4. The van der Waals surface area contributed by atoms with E-state index in [0.717, 1.165) is 7.11 Å². The van der Waals surface area contributed by atoms with Gasteiger partial charge in [-0.15, -0.1) is 0 Å². The van der Waals surface area contributed by atoms with Crippen LogP contribution in [0.3, 0.4) is 0 Å². The highest BCUT2D eigenvalue weighted by Gasteiger charge is 2.57. The second kappa shape index (κ2) is 4.46. The molecule has 19 heavy (non-hydrogen) atoms. The summed E-state index contributed by atoms with van der Waals surface area (Å²) >= 11 is 0. The molecule has 0 radical (unpaired) electrons. The summed E-state index contributed by atoms with van der Waals surface area (Å²) < 4.78 is 66.9. The number of aliphatic hydroxyl groups excluding tert-OH is 1. The van der Waals surface area contributed by atoms with Crippen molar-refractivity contribution in [1.29, 1.82) is 0 Å². The molecular weight excluding hydrogens is 285 g/mol. The number of aliphatic hydroxyl groups is 1. The highest BCUT2D eigenvalue weighted by Crippen LogP contribution is 2.44. The van der Waals surface area contributed by atoms with E-state index < -0.39 is 33.5 Å². The molecule has 1 aliphatic rings. The minimum Gasteiger partial charge on any atom is -0.387 e. The van der Waals surface area contributed by atoms with Crippen LogP contribution in [0.4, 0.5) is 13.2 Å². The number of rotatable bonds is 2. The van der Waals surface area contributed by atoms with Gasteiger partial charge in [-0.2, -0.15) is 13.2 Å². The molecule has 0 fully saturated rings. The van der Waals surface area contributed by atoms with E-state index in [1.807, 2.05) is 0 Å². The number of ether oxygens (including phenoxy) is 1. The molecule has 3 atom stereocenters. The SMILES string of the molecule is COC(C1C(O)c2ccccc2S1(=O)=O)C(F)(F)F. The van der Waals surface area contributed by atoms with Crippen LogP contribution in [0.1, 0.15) is 11.7 Å². The molecule has 1 heterocycles. The molecule has 0 saturated heterocycles. The Morgan fingerprint density at radius 3 is 2.37 bits per heavy atom. The van der Waals surface area contributed by atoms with Gasteiger partial charge in [0.1, 0.15) is 11.4 Å². The third-order valence-electron chi connectivity index (χ3n) is 3.09. The van der Waals surface area contributed by atoms with Gasteiger partial charge < -0.3 is 9.84 Å². The van der Waals surface area contributed by atoms with E-state index in [2.05, 4.69) is 4.74 Å². The maximum atomic E-state index is 12.8. The minimum atomic E-state index is -4.88. The lowest BCUT2D eigenvalue weighted by molar-refractivity contribution is -0.217. The molecule has 3 unspecified atom stereocenters. The third kappa shape index (κ3) is 2.13. The van der Waals surface area contributed by atoms with Crippen molar-refractivity contribution in [2.45, 2.75) is 28.5 Å². The lowest BCUT2D eigenvalue weighted by Gasteiger charge is -2.26. The molecule has 0 amide bonds. The number of fused-ring (bicyclic) bond motifs is 1. The summed E-state index contributed by atoms with van der Waals surface area (Å²) in [4.78, 5) is -0.279. The van der Waals surface area contributed by atoms with Crippen molar-refractivity contribution in [2.75, 3.05) is 7.11 Å². The lowest BCUT2D eigenvalue weighted by Crippen LogP contribution is -2.46. The number of benzene rings is 1. The molecule has 0 saturated carbocycles. The van der Waals surface area contributed by atoms with Crippen molar-refractivity contribution in [3.8, 4) is 0 Å². The second-order valence-electron chi connectivity index (χ2n) is 4.19. The Bertz CT molecular complexity index is 582. The first-order chi connectivity index (χ1) is 8.71. The Morgan fingerprint density at radius 2 is 1.89 bits per heavy atom. The first-order valence-electron chi connectivity index (χ1n) is 5.31. The fraction of sp³-hybridized carbons (Fsp3) is 0.455. The topological polar surface area (TPSA) is 63.6 Å². The van der Waals surface area contributed by atoms with Crippen molar-refractivity contribution >= 4 is 9.84 Å². The zero-order valence-corrected chi connectivity index (χ0v) is 10.6. The van der Waals surface area contributed by atoms with Crippen LogP contribution in [0, 0.1) is 0 Å². The Labute approximate surface area is 107 Å². The predicted octanol–water partition coefficient (Wildman–Crippen LogP) is 1.45. The Morgan fingerprint density at radius 1 is 1.32 bits per heavy atom. The minimum absolute atomic E-state index is 0.0289. The molecule has 8 heteroatoms. The van der Waals surface area contributed by atoms with Crippen LogP contribution in [0.15, 0.2) is 29.2 Å². The van der Waals surface area contributed by atoms with Gasteiger partial charge in [-0.1, -0.05) is 18.2 Å². The average molecular weight is 296 g/mol. The van der Waals surface area contributed by atoms with E-state index in [1.165, 1.54) is 24.3 Å². The highest BCUT2D eigenvalue weighted by molar-refractivity contribution is 7.92. The Kier molecular flexibility index (Phi) is 3.36. The van der Waals surface area contributed by atoms with Gasteiger partial charge in [-0.25, -0.2) is 8.42 Å². The molecule has 1 aliphatic heterocycles. The molecule has 0 bridgehead atoms. The summed E-state index contributed by atoms with van der Waals surface area (Å²) in [5.74, 6) is 0. The molecule has 106 valence electrons. The van der Waals surface area contributed by atoms with Crippen molar-refractivity contribution in [3.05, 3.63) is 29.8 Å². The van der Waals surface area contributed by atoms with E-state index in [4.69, 9.17) is 0 Å². The van der Waals surface area contributed by atoms with Crippen molar-refractivity contribution in [3.63, 3.8) is 0 Å². The summed E-state index contributed by atoms with van der Waals surface area (Å²) in [7, 11) is -3.52. The zero-order chi connectivity index (χ0) is 14.4. The number of sulfone groups is 1. The number of methoxy groups -OCH3 is 1. The standard InChI is InChI=1S/C11H11F3O4S/c1-18-10(11(12,13)14)9-8(15)6-4-2-3-5-7(6)19(9,16)17/h2-5,8-10,15H,1H3. The van der Waals surface area contributed by atoms with Gasteiger partial charge in [0, 0.05) is 12.7 Å². The number of alkyl halides is 3. The summed E-state index contributed by atoms with van der Waals surface area (Å²) in [5.41, 5.74) is -0.0289. The monoisotopic (exact) mass is 296 g/mol. The molecular formula is C11H11F3O4S. The molecule has 0 aliphatic carbocycles. The van der Waals surface area contributed by atoms with E-state index >= 15 is 0 Å². The summed E-state index contributed by atoms with van der Waals surface area (Å²) in [5, 5.41) is 7.81. The van der Waals surface area contributed by atoms with Crippen LogP contribution in [0.5, 0.6) is 0 Å². The van der Waals surface area contributed by atoms with Crippen molar-refractivity contribution in [1.82, 2.24) is 0 Å². The summed E-state index contributed by atoms with van der Waals surface area (Å²) in [6.45, 7) is 0. The molecule has 0 spiro atoms. The molecule has 1 aromatic carbocycles. The average Bonchev–Trinajstić information content (AvgIpc) is 2.51. The van der Waals surface area contributed by atoms with E-state index in [-0.39, 0.29) is 10.5 Å². The van der Waals surface area contributed by atoms with Gasteiger partial charge in [0.15, 0.2) is 15.9 Å². The van der Waals surface area contributed by atoms with Crippen LogP contribution in [-0.4, -0.2) is 38.2 Å². The summed E-state index contributed by atoms with van der Waals surface area (Å²) in [6, 6.07) is 5.31. The van der Waals surface area contributed by atoms with Gasteiger partial charge >= 0.3 is 6.18 Å². The smallest absolute Gasteiger partial charge is 0.387 e. The molecule has 0 aromatic heterocycles. The lowest BCUT2D eigenvalue weighted by atomic mass is 10.0. The predicted molar refractivity (Wildman–Crippen MR) is 59.2 cm³/mol. The Hall–Kier alpha value is -1.12. The van der Waals surface area contributed by atoms with Gasteiger partial charge in [0.05, 0.1) is 4.90 Å². The highest BCUT2D eigenvalue weighted by atomic mass is 32.2. The van der Waals surface area contributed by atoms with Gasteiger partial charge in [-0.05, 0) is 6.07 Å². The molecule has 2 rings (SSSR count). The van der Waals surface area contributed by atoms with E-state index in [9.17, 15) is 26.7 Å². The molecule has 1 N–H and O–H groups in total.